The molecule has 4 nitrogen and oxygen atoms in total. The maximum absolute atomic E-state index is 12.0. The van der Waals surface area contributed by atoms with E-state index in [-0.39, 0.29) is 6.61 Å². The van der Waals surface area contributed by atoms with Crippen LogP contribution in [0.4, 0.5) is 0 Å². The van der Waals surface area contributed by atoms with Gasteiger partial charge in [-0.15, -0.1) is 0 Å². The van der Waals surface area contributed by atoms with Gasteiger partial charge in [0.2, 0.25) is 0 Å². The second kappa shape index (κ2) is 8.89. The molecule has 0 radical (unpaired) electrons. The average molecular weight is 456 g/mol. The van der Waals surface area contributed by atoms with Crippen LogP contribution in [0.2, 0.25) is 0 Å². The third-order valence-electron chi connectivity index (χ3n) is 3.07. The third kappa shape index (κ3) is 4.85. The number of methoxy groups -OCH3 is 1. The number of hydrogen-bond acceptors (Lipinski definition) is 4. The molecular formula is C18H16Br2O4. The van der Waals surface area contributed by atoms with Crippen LogP contribution in [0, 0.1) is 0 Å². The zero-order valence-electron chi connectivity index (χ0n) is 13.1. The third-order valence-corrected chi connectivity index (χ3v) is 4.15. The molecule has 0 unspecified atom stereocenters. The summed E-state index contributed by atoms with van der Waals surface area (Å²) < 4.78 is 17.8. The lowest BCUT2D eigenvalue weighted by atomic mass is 10.2. The van der Waals surface area contributed by atoms with Gasteiger partial charge in [0.25, 0.3) is 0 Å². The Morgan fingerprint density at radius 2 is 2.04 bits per heavy atom. The van der Waals surface area contributed by atoms with Crippen LogP contribution < -0.4 is 9.47 Å². The van der Waals surface area contributed by atoms with E-state index in [9.17, 15) is 4.79 Å². The molecule has 0 saturated heterocycles. The van der Waals surface area contributed by atoms with Gasteiger partial charge in [-0.1, -0.05) is 40.7 Å². The Morgan fingerprint density at radius 3 is 2.71 bits per heavy atom. The number of rotatable bonds is 7. The van der Waals surface area contributed by atoms with Crippen LogP contribution >= 0.6 is 31.9 Å². The number of halogens is 2. The Morgan fingerprint density at radius 1 is 1.25 bits per heavy atom. The first-order chi connectivity index (χ1) is 11.5. The van der Waals surface area contributed by atoms with Crippen LogP contribution in [0.5, 0.6) is 11.5 Å². The lowest BCUT2D eigenvalue weighted by Crippen LogP contribution is -2.06. The first-order valence-corrected chi connectivity index (χ1v) is 8.66. The van der Waals surface area contributed by atoms with Crippen molar-refractivity contribution in [2.45, 2.75) is 6.61 Å². The van der Waals surface area contributed by atoms with E-state index in [4.69, 9.17) is 14.2 Å². The van der Waals surface area contributed by atoms with E-state index in [0.717, 1.165) is 10.0 Å². The van der Waals surface area contributed by atoms with Crippen molar-refractivity contribution in [3.63, 3.8) is 0 Å². The van der Waals surface area contributed by atoms with Crippen LogP contribution in [0.25, 0.3) is 0 Å². The van der Waals surface area contributed by atoms with Crippen molar-refractivity contribution in [2.24, 2.45) is 0 Å². The summed E-state index contributed by atoms with van der Waals surface area (Å²) in [6.07, 6.45) is 1.51. The van der Waals surface area contributed by atoms with Gasteiger partial charge in [0, 0.05) is 4.47 Å². The van der Waals surface area contributed by atoms with E-state index in [1.54, 1.807) is 12.1 Å². The molecule has 0 saturated carbocycles. The van der Waals surface area contributed by atoms with Gasteiger partial charge in [0.15, 0.2) is 11.5 Å². The predicted molar refractivity (Wildman–Crippen MR) is 99.6 cm³/mol. The smallest absolute Gasteiger partial charge is 0.338 e. The summed E-state index contributed by atoms with van der Waals surface area (Å²) in [5.74, 6) is 0.523. The molecule has 24 heavy (non-hydrogen) atoms. The van der Waals surface area contributed by atoms with Crippen molar-refractivity contribution in [3.05, 3.63) is 69.1 Å². The summed E-state index contributed by atoms with van der Waals surface area (Å²) in [5, 5.41) is 0. The van der Waals surface area contributed by atoms with E-state index in [1.165, 1.54) is 13.2 Å². The SMILES string of the molecule is C=CCOC(=O)c1cc(Br)c(OCc2cccc(Br)c2)c(OC)c1. The van der Waals surface area contributed by atoms with E-state index < -0.39 is 5.97 Å². The second-order valence-electron chi connectivity index (χ2n) is 4.80. The topological polar surface area (TPSA) is 44.8 Å². The van der Waals surface area contributed by atoms with Crippen molar-refractivity contribution in [3.8, 4) is 11.5 Å². The Hall–Kier alpha value is -1.79. The minimum Gasteiger partial charge on any atom is -0.493 e. The molecule has 2 rings (SSSR count). The van der Waals surface area contributed by atoms with Crippen molar-refractivity contribution in [1.29, 1.82) is 0 Å². The van der Waals surface area contributed by atoms with Gasteiger partial charge >= 0.3 is 5.97 Å². The van der Waals surface area contributed by atoms with Crippen LogP contribution in [-0.4, -0.2) is 19.7 Å². The van der Waals surface area contributed by atoms with Gasteiger partial charge < -0.3 is 14.2 Å². The molecule has 0 fully saturated rings. The van der Waals surface area contributed by atoms with Crippen molar-refractivity contribution >= 4 is 37.8 Å². The lowest BCUT2D eigenvalue weighted by molar-refractivity contribution is 0.0549. The number of ether oxygens (including phenoxy) is 3. The minimum atomic E-state index is -0.451. The fourth-order valence-electron chi connectivity index (χ4n) is 1.98. The molecule has 0 spiro atoms. The highest BCUT2D eigenvalue weighted by Gasteiger charge is 2.16. The van der Waals surface area contributed by atoms with Crippen LogP contribution in [0.3, 0.4) is 0 Å². The molecule has 0 aliphatic rings. The molecule has 0 aromatic heterocycles. The zero-order chi connectivity index (χ0) is 17.5. The summed E-state index contributed by atoms with van der Waals surface area (Å²) in [6, 6.07) is 11.1. The standard InChI is InChI=1S/C18H16Br2O4/c1-3-7-23-18(21)13-9-15(20)17(16(10-13)22-2)24-11-12-5-4-6-14(19)8-12/h3-6,8-10H,1,7,11H2,2H3. The number of hydrogen-bond donors (Lipinski definition) is 0. The fraction of sp³-hybridized carbons (Fsp3) is 0.167. The lowest BCUT2D eigenvalue weighted by Gasteiger charge is -2.14. The Bertz CT molecular complexity index is 744. The van der Waals surface area contributed by atoms with Gasteiger partial charge in [-0.2, -0.15) is 0 Å². The highest BCUT2D eigenvalue weighted by atomic mass is 79.9. The number of esters is 1. The molecule has 2 aromatic carbocycles. The molecule has 126 valence electrons. The zero-order valence-corrected chi connectivity index (χ0v) is 16.2. The molecular weight excluding hydrogens is 440 g/mol. The Kier molecular flexibility index (Phi) is 6.87. The van der Waals surface area contributed by atoms with Crippen molar-refractivity contribution in [1.82, 2.24) is 0 Å². The molecule has 0 amide bonds. The van der Waals surface area contributed by atoms with Crippen molar-refractivity contribution in [2.75, 3.05) is 13.7 Å². The molecule has 6 heteroatoms. The maximum Gasteiger partial charge on any atom is 0.338 e. The highest BCUT2D eigenvalue weighted by Crippen LogP contribution is 2.37. The first kappa shape index (κ1) is 18.5. The largest absolute Gasteiger partial charge is 0.493 e. The predicted octanol–water partition coefficient (Wildman–Crippen LogP) is 5.14. The van der Waals surface area contributed by atoms with E-state index >= 15 is 0 Å². The molecule has 2 aromatic rings. The number of carbonyl (C=O) groups is 1. The Labute approximate surface area is 157 Å². The van der Waals surface area contributed by atoms with Gasteiger partial charge in [-0.05, 0) is 45.8 Å². The Balaban J connectivity index is 2.20. The summed E-state index contributed by atoms with van der Waals surface area (Å²) in [7, 11) is 1.52. The van der Waals surface area contributed by atoms with Crippen molar-refractivity contribution < 1.29 is 19.0 Å². The minimum absolute atomic E-state index is 0.153. The fourth-order valence-corrected chi connectivity index (χ4v) is 2.98. The van der Waals surface area contributed by atoms with Gasteiger partial charge in [-0.25, -0.2) is 4.79 Å². The monoisotopic (exact) mass is 454 g/mol. The molecule has 0 bridgehead atoms. The number of benzene rings is 2. The summed E-state index contributed by atoms with van der Waals surface area (Å²) in [6.45, 7) is 4.04. The quantitative estimate of drug-likeness (QED) is 0.428. The van der Waals surface area contributed by atoms with Gasteiger partial charge in [0.05, 0.1) is 17.1 Å². The maximum atomic E-state index is 12.0. The van der Waals surface area contributed by atoms with E-state index in [0.29, 0.717) is 28.1 Å². The molecule has 0 N–H and O–H groups in total. The summed E-state index contributed by atoms with van der Waals surface area (Å²) >= 11 is 6.85. The molecule has 0 aliphatic carbocycles. The molecule has 0 heterocycles. The van der Waals surface area contributed by atoms with Crippen LogP contribution in [-0.2, 0) is 11.3 Å². The number of carbonyl (C=O) groups excluding carboxylic acids is 1. The van der Waals surface area contributed by atoms with Gasteiger partial charge in [0.1, 0.15) is 13.2 Å². The normalized spacial score (nSPS) is 10.1. The van der Waals surface area contributed by atoms with Crippen LogP contribution in [0.1, 0.15) is 15.9 Å². The summed E-state index contributed by atoms with van der Waals surface area (Å²) in [5.41, 5.74) is 1.38. The molecule has 0 atom stereocenters. The second-order valence-corrected chi connectivity index (χ2v) is 6.57. The molecule has 0 aliphatic heterocycles. The van der Waals surface area contributed by atoms with Gasteiger partial charge in [-0.3, -0.25) is 0 Å². The first-order valence-electron chi connectivity index (χ1n) is 7.08. The summed E-state index contributed by atoms with van der Waals surface area (Å²) in [4.78, 5) is 12.0. The highest BCUT2D eigenvalue weighted by molar-refractivity contribution is 9.10. The average Bonchev–Trinajstić information content (AvgIpc) is 2.58. The van der Waals surface area contributed by atoms with E-state index in [1.807, 2.05) is 24.3 Å². The van der Waals surface area contributed by atoms with E-state index in [2.05, 4.69) is 38.4 Å². The van der Waals surface area contributed by atoms with Crippen LogP contribution in [0.15, 0.2) is 58.0 Å².